The summed E-state index contributed by atoms with van der Waals surface area (Å²) >= 11 is 0. The standard InChI is InChI=1S/C22H33N7O/c1-2-23-21(25-13-19-30-20-8-4-3-5-9-20)24-12-7-14-28-15-17-29(18-16-28)22-26-10-6-11-27-22/h3-6,8-11H,2,7,12-19H2,1H3,(H2,23,24,25). The summed E-state index contributed by atoms with van der Waals surface area (Å²) in [6.45, 7) is 10.1. The molecule has 1 aromatic heterocycles. The highest BCUT2D eigenvalue weighted by Crippen LogP contribution is 2.10. The maximum absolute atomic E-state index is 5.72. The predicted molar refractivity (Wildman–Crippen MR) is 121 cm³/mol. The summed E-state index contributed by atoms with van der Waals surface area (Å²) in [6.07, 6.45) is 4.64. The average Bonchev–Trinajstić information content (AvgIpc) is 2.81. The molecule has 1 aromatic carbocycles. The van der Waals surface area contributed by atoms with Gasteiger partial charge in [0.1, 0.15) is 12.4 Å². The van der Waals surface area contributed by atoms with Gasteiger partial charge in [0.05, 0.1) is 6.54 Å². The molecular weight excluding hydrogens is 378 g/mol. The van der Waals surface area contributed by atoms with Gasteiger partial charge in [0.15, 0.2) is 5.96 Å². The molecule has 162 valence electrons. The van der Waals surface area contributed by atoms with Crippen LogP contribution in [-0.4, -0.2) is 79.8 Å². The molecule has 2 N–H and O–H groups in total. The van der Waals surface area contributed by atoms with Crippen LogP contribution in [0.5, 0.6) is 5.75 Å². The Kier molecular flexibility index (Phi) is 9.20. The van der Waals surface area contributed by atoms with Gasteiger partial charge in [-0.05, 0) is 31.5 Å². The van der Waals surface area contributed by atoms with Crippen LogP contribution in [0.25, 0.3) is 0 Å². The van der Waals surface area contributed by atoms with Crippen molar-refractivity contribution in [3.63, 3.8) is 0 Å². The van der Waals surface area contributed by atoms with E-state index in [9.17, 15) is 0 Å². The monoisotopic (exact) mass is 411 g/mol. The van der Waals surface area contributed by atoms with Gasteiger partial charge in [-0.1, -0.05) is 18.2 Å². The van der Waals surface area contributed by atoms with Crippen LogP contribution in [0.2, 0.25) is 0 Å². The molecule has 8 heteroatoms. The molecule has 0 radical (unpaired) electrons. The first-order valence-corrected chi connectivity index (χ1v) is 10.8. The fraction of sp³-hybridized carbons (Fsp3) is 0.500. The molecule has 0 bridgehead atoms. The molecular formula is C22H33N7O. The van der Waals surface area contributed by atoms with E-state index in [1.54, 1.807) is 12.4 Å². The molecule has 30 heavy (non-hydrogen) atoms. The van der Waals surface area contributed by atoms with Crippen LogP contribution in [0.4, 0.5) is 5.95 Å². The molecule has 8 nitrogen and oxygen atoms in total. The smallest absolute Gasteiger partial charge is 0.225 e. The van der Waals surface area contributed by atoms with Crippen LogP contribution >= 0.6 is 0 Å². The van der Waals surface area contributed by atoms with Gasteiger partial charge in [-0.15, -0.1) is 0 Å². The van der Waals surface area contributed by atoms with Crippen molar-refractivity contribution in [3.8, 4) is 5.75 Å². The number of nitrogens with zero attached hydrogens (tertiary/aromatic N) is 5. The van der Waals surface area contributed by atoms with Crippen LogP contribution in [0.1, 0.15) is 13.3 Å². The highest BCUT2D eigenvalue weighted by molar-refractivity contribution is 5.79. The minimum atomic E-state index is 0.601. The zero-order chi connectivity index (χ0) is 20.9. The first-order chi connectivity index (χ1) is 14.8. The van der Waals surface area contributed by atoms with E-state index in [-0.39, 0.29) is 0 Å². The molecule has 0 unspecified atom stereocenters. The van der Waals surface area contributed by atoms with Crippen molar-refractivity contribution in [3.05, 3.63) is 48.8 Å². The summed E-state index contributed by atoms with van der Waals surface area (Å²) in [5, 5.41) is 6.63. The summed E-state index contributed by atoms with van der Waals surface area (Å²) < 4.78 is 5.72. The van der Waals surface area contributed by atoms with E-state index in [2.05, 4.69) is 42.3 Å². The molecule has 0 saturated carbocycles. The van der Waals surface area contributed by atoms with E-state index < -0.39 is 0 Å². The number of para-hydroxylation sites is 1. The Morgan fingerprint density at radius 2 is 1.80 bits per heavy atom. The van der Waals surface area contributed by atoms with Crippen molar-refractivity contribution < 1.29 is 4.74 Å². The summed E-state index contributed by atoms with van der Waals surface area (Å²) in [7, 11) is 0. The van der Waals surface area contributed by atoms with Gasteiger partial charge >= 0.3 is 0 Å². The number of benzene rings is 1. The second-order valence-electron chi connectivity index (χ2n) is 7.08. The first kappa shape index (κ1) is 21.8. The predicted octanol–water partition coefficient (Wildman–Crippen LogP) is 1.62. The van der Waals surface area contributed by atoms with Crippen LogP contribution < -0.4 is 20.3 Å². The number of ether oxygens (including phenoxy) is 1. The Balaban J connectivity index is 1.30. The average molecular weight is 412 g/mol. The van der Waals surface area contributed by atoms with Gasteiger partial charge in [-0.2, -0.15) is 0 Å². The molecule has 2 aromatic rings. The van der Waals surface area contributed by atoms with E-state index in [1.807, 2.05) is 36.4 Å². The molecule has 3 rings (SSSR count). The number of nitrogens with one attached hydrogen (secondary N) is 2. The lowest BCUT2D eigenvalue weighted by Gasteiger charge is -2.34. The van der Waals surface area contributed by atoms with E-state index >= 15 is 0 Å². The number of guanidine groups is 1. The van der Waals surface area contributed by atoms with Gasteiger partial charge in [0.2, 0.25) is 5.95 Å². The highest BCUT2D eigenvalue weighted by atomic mass is 16.5. The molecule has 1 aliphatic rings. The lowest BCUT2D eigenvalue weighted by molar-refractivity contribution is 0.255. The molecule has 1 fully saturated rings. The highest BCUT2D eigenvalue weighted by Gasteiger charge is 2.18. The number of aliphatic imine (C=N–C) groups is 1. The number of hydrogen-bond acceptors (Lipinski definition) is 6. The maximum Gasteiger partial charge on any atom is 0.225 e. The van der Waals surface area contributed by atoms with E-state index in [0.717, 1.165) is 69.9 Å². The molecule has 1 saturated heterocycles. The van der Waals surface area contributed by atoms with Crippen LogP contribution in [-0.2, 0) is 0 Å². The second kappa shape index (κ2) is 12.6. The van der Waals surface area contributed by atoms with Crippen molar-refractivity contribution in [1.29, 1.82) is 0 Å². The Labute approximate surface area is 179 Å². The van der Waals surface area contributed by atoms with Crippen molar-refractivity contribution in [2.24, 2.45) is 4.99 Å². The molecule has 0 spiro atoms. The summed E-state index contributed by atoms with van der Waals surface area (Å²) in [4.78, 5) is 18.1. The van der Waals surface area contributed by atoms with Crippen LogP contribution in [0.3, 0.4) is 0 Å². The van der Waals surface area contributed by atoms with Crippen LogP contribution in [0, 0.1) is 0 Å². The maximum atomic E-state index is 5.72. The zero-order valence-corrected chi connectivity index (χ0v) is 17.8. The minimum absolute atomic E-state index is 0.601. The third-order valence-corrected chi connectivity index (χ3v) is 4.86. The second-order valence-corrected chi connectivity index (χ2v) is 7.08. The van der Waals surface area contributed by atoms with Crippen molar-refractivity contribution in [1.82, 2.24) is 25.5 Å². The molecule has 1 aliphatic heterocycles. The van der Waals surface area contributed by atoms with Gasteiger partial charge in [0, 0.05) is 58.2 Å². The number of aromatic nitrogens is 2. The SMILES string of the molecule is CCNC(=NCCCN1CCN(c2ncccn2)CC1)NCCOc1ccccc1. The Morgan fingerprint density at radius 3 is 2.53 bits per heavy atom. The number of rotatable bonds is 10. The molecule has 0 amide bonds. The molecule has 2 heterocycles. The van der Waals surface area contributed by atoms with Crippen molar-refractivity contribution in [2.75, 3.05) is 63.9 Å². The van der Waals surface area contributed by atoms with E-state index in [1.165, 1.54) is 0 Å². The van der Waals surface area contributed by atoms with Gasteiger partial charge in [-0.3, -0.25) is 9.89 Å². The Bertz CT molecular complexity index is 734. The quantitative estimate of drug-likeness (QED) is 0.349. The fourth-order valence-corrected chi connectivity index (χ4v) is 3.31. The fourth-order valence-electron chi connectivity index (χ4n) is 3.31. The topological polar surface area (TPSA) is 77.9 Å². The normalized spacial score (nSPS) is 15.1. The van der Waals surface area contributed by atoms with Gasteiger partial charge in [0.25, 0.3) is 0 Å². The summed E-state index contributed by atoms with van der Waals surface area (Å²) in [6, 6.07) is 11.7. The minimum Gasteiger partial charge on any atom is -0.492 e. The lowest BCUT2D eigenvalue weighted by atomic mass is 10.3. The van der Waals surface area contributed by atoms with Gasteiger partial charge < -0.3 is 20.3 Å². The van der Waals surface area contributed by atoms with Crippen molar-refractivity contribution >= 4 is 11.9 Å². The summed E-state index contributed by atoms with van der Waals surface area (Å²) in [5.41, 5.74) is 0. The largest absolute Gasteiger partial charge is 0.492 e. The first-order valence-electron chi connectivity index (χ1n) is 10.8. The van der Waals surface area contributed by atoms with E-state index in [4.69, 9.17) is 4.74 Å². The Morgan fingerprint density at radius 1 is 1.03 bits per heavy atom. The number of hydrogen-bond donors (Lipinski definition) is 2. The molecule has 0 atom stereocenters. The third-order valence-electron chi connectivity index (χ3n) is 4.86. The molecule has 0 aliphatic carbocycles. The summed E-state index contributed by atoms with van der Waals surface area (Å²) in [5.74, 6) is 2.57. The lowest BCUT2D eigenvalue weighted by Crippen LogP contribution is -2.47. The zero-order valence-electron chi connectivity index (χ0n) is 17.8. The number of piperazine rings is 1. The van der Waals surface area contributed by atoms with Crippen molar-refractivity contribution in [2.45, 2.75) is 13.3 Å². The third kappa shape index (κ3) is 7.51. The van der Waals surface area contributed by atoms with E-state index in [0.29, 0.717) is 13.2 Å². The Hall–Kier alpha value is -2.87. The van der Waals surface area contributed by atoms with Crippen LogP contribution in [0.15, 0.2) is 53.8 Å². The number of anilines is 1. The van der Waals surface area contributed by atoms with Gasteiger partial charge in [-0.25, -0.2) is 9.97 Å².